The maximum Gasteiger partial charge on any atom is 0.231 e. The number of ether oxygens (including phenoxy) is 3. The van der Waals surface area contributed by atoms with Gasteiger partial charge >= 0.3 is 0 Å². The number of aryl methyl sites for hydroxylation is 1. The highest BCUT2D eigenvalue weighted by molar-refractivity contribution is 5.79. The van der Waals surface area contributed by atoms with E-state index in [4.69, 9.17) is 14.2 Å². The Morgan fingerprint density at radius 2 is 2.03 bits per heavy atom. The molecule has 2 aromatic rings. The first-order chi connectivity index (χ1) is 14.2. The quantitative estimate of drug-likeness (QED) is 0.558. The number of aromatic nitrogens is 3. The number of benzene rings is 1. The fourth-order valence-corrected chi connectivity index (χ4v) is 3.76. The Morgan fingerprint density at radius 3 is 2.79 bits per heavy atom. The molecule has 1 saturated heterocycles. The minimum absolute atomic E-state index is 0.0554. The first-order valence-corrected chi connectivity index (χ1v) is 10.0. The highest BCUT2D eigenvalue weighted by Crippen LogP contribution is 2.40. The van der Waals surface area contributed by atoms with Crippen LogP contribution in [0.2, 0.25) is 0 Å². The van der Waals surface area contributed by atoms with Crippen LogP contribution in [0.15, 0.2) is 29.5 Å². The van der Waals surface area contributed by atoms with Crippen LogP contribution in [0.1, 0.15) is 31.2 Å². The number of hydrogen-bond acceptors (Lipinski definition) is 6. The molecule has 0 amide bonds. The summed E-state index contributed by atoms with van der Waals surface area (Å²) < 4.78 is 18.5. The van der Waals surface area contributed by atoms with E-state index >= 15 is 0 Å². The molecule has 1 aromatic heterocycles. The number of hydrogen-bond donors (Lipinski definition) is 2. The summed E-state index contributed by atoms with van der Waals surface area (Å²) in [5.41, 5.74) is 1.18. The van der Waals surface area contributed by atoms with Crippen LogP contribution < -0.4 is 20.1 Å². The molecule has 0 unspecified atom stereocenters. The lowest BCUT2D eigenvalue weighted by Gasteiger charge is -2.38. The van der Waals surface area contributed by atoms with E-state index in [1.165, 1.54) is 5.56 Å². The molecule has 0 spiro atoms. The maximum atomic E-state index is 5.66. The lowest BCUT2D eigenvalue weighted by atomic mass is 9.74. The van der Waals surface area contributed by atoms with Gasteiger partial charge in [0.25, 0.3) is 0 Å². The van der Waals surface area contributed by atoms with Crippen molar-refractivity contribution in [3.05, 3.63) is 35.9 Å². The number of nitrogens with zero attached hydrogens (tertiary/aromatic N) is 4. The first-order valence-electron chi connectivity index (χ1n) is 10.0. The number of guanidine groups is 1. The van der Waals surface area contributed by atoms with Gasteiger partial charge in [-0.1, -0.05) is 6.07 Å². The van der Waals surface area contributed by atoms with Gasteiger partial charge in [0.05, 0.1) is 0 Å². The van der Waals surface area contributed by atoms with Crippen LogP contribution in [0.5, 0.6) is 11.5 Å². The molecule has 0 atom stereocenters. The number of aliphatic imine (C=N–C) groups is 1. The molecule has 2 N–H and O–H groups in total. The van der Waals surface area contributed by atoms with Crippen molar-refractivity contribution >= 4 is 5.96 Å². The van der Waals surface area contributed by atoms with E-state index in [1.807, 2.05) is 13.1 Å². The summed E-state index contributed by atoms with van der Waals surface area (Å²) in [7, 11) is 1.87. The van der Waals surface area contributed by atoms with E-state index in [0.29, 0.717) is 6.54 Å². The van der Waals surface area contributed by atoms with Gasteiger partial charge in [-0.05, 0) is 37.5 Å². The minimum Gasteiger partial charge on any atom is -0.454 e. The zero-order chi connectivity index (χ0) is 20.1. The standard InChI is InChI=1S/C20H28N6O3/c1-3-21-19(22-11-18-24-13-25-26(18)2)23-12-20(6-8-27-9-7-20)15-4-5-16-17(10-15)29-14-28-16/h4-5,10,13H,3,6-9,11-12,14H2,1-2H3,(H2,21,22,23). The third-order valence-corrected chi connectivity index (χ3v) is 5.56. The summed E-state index contributed by atoms with van der Waals surface area (Å²) in [5, 5.41) is 11.0. The molecule has 3 heterocycles. The summed E-state index contributed by atoms with van der Waals surface area (Å²) in [6.45, 7) is 5.82. The molecule has 2 aliphatic heterocycles. The van der Waals surface area contributed by atoms with Crippen molar-refractivity contribution in [3.8, 4) is 11.5 Å². The second kappa shape index (κ2) is 8.69. The number of fused-ring (bicyclic) bond motifs is 1. The van der Waals surface area contributed by atoms with E-state index < -0.39 is 0 Å². The van der Waals surface area contributed by atoms with E-state index in [2.05, 4.69) is 44.8 Å². The van der Waals surface area contributed by atoms with Crippen molar-refractivity contribution in [2.24, 2.45) is 12.0 Å². The lowest BCUT2D eigenvalue weighted by molar-refractivity contribution is 0.0513. The summed E-state index contributed by atoms with van der Waals surface area (Å²) in [6, 6.07) is 6.26. The van der Waals surface area contributed by atoms with E-state index in [9.17, 15) is 0 Å². The molecule has 1 aromatic carbocycles. The Bertz CT molecular complexity index is 860. The monoisotopic (exact) mass is 400 g/mol. The highest BCUT2D eigenvalue weighted by Gasteiger charge is 2.35. The lowest BCUT2D eigenvalue weighted by Crippen LogP contribution is -2.48. The van der Waals surface area contributed by atoms with Gasteiger partial charge in [-0.25, -0.2) is 9.98 Å². The molecule has 29 heavy (non-hydrogen) atoms. The summed E-state index contributed by atoms with van der Waals surface area (Å²) in [5.74, 6) is 3.21. The average Bonchev–Trinajstić information content (AvgIpc) is 3.39. The van der Waals surface area contributed by atoms with Crippen LogP contribution in [0.4, 0.5) is 0 Å². The van der Waals surface area contributed by atoms with Gasteiger partial charge in [0.1, 0.15) is 18.7 Å². The molecular weight excluding hydrogens is 372 g/mol. The number of rotatable bonds is 6. The summed E-state index contributed by atoms with van der Waals surface area (Å²) >= 11 is 0. The van der Waals surface area contributed by atoms with Gasteiger partial charge in [0.15, 0.2) is 17.5 Å². The molecule has 0 aliphatic carbocycles. The van der Waals surface area contributed by atoms with Gasteiger partial charge in [0, 0.05) is 38.8 Å². The Balaban J connectivity index is 1.51. The molecule has 0 bridgehead atoms. The van der Waals surface area contributed by atoms with E-state index in [0.717, 1.165) is 62.4 Å². The fraction of sp³-hybridized carbons (Fsp3) is 0.550. The highest BCUT2D eigenvalue weighted by atomic mass is 16.7. The fourth-order valence-electron chi connectivity index (χ4n) is 3.76. The second-order valence-electron chi connectivity index (χ2n) is 7.31. The van der Waals surface area contributed by atoms with Crippen LogP contribution >= 0.6 is 0 Å². The van der Waals surface area contributed by atoms with E-state index in [-0.39, 0.29) is 12.2 Å². The molecule has 1 fully saturated rings. The van der Waals surface area contributed by atoms with E-state index in [1.54, 1.807) is 11.0 Å². The second-order valence-corrected chi connectivity index (χ2v) is 7.31. The Hall–Kier alpha value is -2.81. The van der Waals surface area contributed by atoms with Gasteiger partial charge < -0.3 is 24.8 Å². The van der Waals surface area contributed by atoms with Gasteiger partial charge in [-0.15, -0.1) is 0 Å². The largest absolute Gasteiger partial charge is 0.454 e. The topological polar surface area (TPSA) is 94.8 Å². The molecule has 9 heteroatoms. The SMILES string of the molecule is CCNC(=NCc1ncnn1C)NCC1(c2ccc3c(c2)OCO3)CCOCC1. The minimum atomic E-state index is -0.0554. The zero-order valence-corrected chi connectivity index (χ0v) is 17.0. The average molecular weight is 400 g/mol. The van der Waals surface area contributed by atoms with Crippen molar-refractivity contribution < 1.29 is 14.2 Å². The van der Waals surface area contributed by atoms with Gasteiger partial charge in [-0.2, -0.15) is 5.10 Å². The van der Waals surface area contributed by atoms with Crippen molar-refractivity contribution in [2.45, 2.75) is 31.7 Å². The zero-order valence-electron chi connectivity index (χ0n) is 17.0. The van der Waals surface area contributed by atoms with Crippen LogP contribution in [-0.2, 0) is 23.7 Å². The Labute approximate surface area is 170 Å². The van der Waals surface area contributed by atoms with Crippen LogP contribution in [0.25, 0.3) is 0 Å². The smallest absolute Gasteiger partial charge is 0.231 e. The molecule has 9 nitrogen and oxygen atoms in total. The van der Waals surface area contributed by atoms with Gasteiger partial charge in [-0.3, -0.25) is 4.68 Å². The summed E-state index contributed by atoms with van der Waals surface area (Å²) in [6.07, 6.45) is 3.41. The molecule has 0 saturated carbocycles. The van der Waals surface area contributed by atoms with Crippen molar-refractivity contribution in [1.82, 2.24) is 25.4 Å². The molecule has 0 radical (unpaired) electrons. The summed E-state index contributed by atoms with van der Waals surface area (Å²) in [4.78, 5) is 8.92. The predicted molar refractivity (Wildman–Crippen MR) is 108 cm³/mol. The normalized spacial score (nSPS) is 17.9. The van der Waals surface area contributed by atoms with Crippen LogP contribution in [0.3, 0.4) is 0 Å². The predicted octanol–water partition coefficient (Wildman–Crippen LogP) is 1.35. The van der Waals surface area contributed by atoms with Crippen molar-refractivity contribution in [3.63, 3.8) is 0 Å². The molecule has 156 valence electrons. The Kier molecular flexibility index (Phi) is 5.84. The van der Waals surface area contributed by atoms with Crippen LogP contribution in [-0.4, -0.2) is 53.8 Å². The molecule has 2 aliphatic rings. The van der Waals surface area contributed by atoms with Crippen molar-refractivity contribution in [2.75, 3.05) is 33.1 Å². The Morgan fingerprint density at radius 1 is 1.21 bits per heavy atom. The van der Waals surface area contributed by atoms with Gasteiger partial charge in [0.2, 0.25) is 6.79 Å². The van der Waals surface area contributed by atoms with Crippen molar-refractivity contribution in [1.29, 1.82) is 0 Å². The van der Waals surface area contributed by atoms with Crippen LogP contribution in [0, 0.1) is 0 Å². The third kappa shape index (κ3) is 4.29. The first kappa shape index (κ1) is 19.5. The number of nitrogens with one attached hydrogen (secondary N) is 2. The maximum absolute atomic E-state index is 5.66. The molecule has 4 rings (SSSR count). The molecular formula is C20H28N6O3. The third-order valence-electron chi connectivity index (χ3n) is 5.56.